The molecule has 1 aliphatic rings. The lowest BCUT2D eigenvalue weighted by atomic mass is 9.95. The Kier molecular flexibility index (Phi) is 5.27. The lowest BCUT2D eigenvalue weighted by Crippen LogP contribution is -2.27. The molecule has 0 spiro atoms. The monoisotopic (exact) mass is 295 g/mol. The van der Waals surface area contributed by atoms with Gasteiger partial charge in [0, 0.05) is 30.4 Å². The number of nitrogens with zero attached hydrogens (tertiary/aromatic N) is 2. The van der Waals surface area contributed by atoms with Gasteiger partial charge in [0.15, 0.2) is 0 Å². The predicted octanol–water partition coefficient (Wildman–Crippen LogP) is 3.23. The summed E-state index contributed by atoms with van der Waals surface area (Å²) in [6.45, 7) is 6.94. The summed E-state index contributed by atoms with van der Waals surface area (Å²) in [6, 6.07) is 2.53. The molecule has 1 aromatic heterocycles. The fourth-order valence-corrected chi connectivity index (χ4v) is 3.26. The first-order chi connectivity index (χ1) is 9.49. The Morgan fingerprint density at radius 2 is 2.20 bits per heavy atom. The van der Waals surface area contributed by atoms with E-state index in [2.05, 4.69) is 31.1 Å². The summed E-state index contributed by atoms with van der Waals surface area (Å²) in [5.74, 6) is 4.25. The number of thioether (sulfide) groups is 1. The van der Waals surface area contributed by atoms with Gasteiger partial charge < -0.3 is 10.1 Å². The van der Waals surface area contributed by atoms with Crippen molar-refractivity contribution in [3.63, 3.8) is 0 Å². The van der Waals surface area contributed by atoms with Crippen LogP contribution in [-0.2, 0) is 16.8 Å². The maximum Gasteiger partial charge on any atom is 0.136 e. The molecule has 0 amide bonds. The summed E-state index contributed by atoms with van der Waals surface area (Å²) in [4.78, 5) is 9.30. The Hall–Kier alpha value is -0.810. The van der Waals surface area contributed by atoms with Gasteiger partial charge in [0.05, 0.1) is 12.3 Å². The average molecular weight is 295 g/mol. The maximum atomic E-state index is 5.22. The van der Waals surface area contributed by atoms with Gasteiger partial charge in [-0.05, 0) is 18.6 Å². The van der Waals surface area contributed by atoms with Crippen molar-refractivity contribution in [1.29, 1.82) is 0 Å². The molecule has 0 saturated carbocycles. The number of rotatable bonds is 4. The van der Waals surface area contributed by atoms with Crippen molar-refractivity contribution in [3.05, 3.63) is 17.6 Å². The van der Waals surface area contributed by atoms with Gasteiger partial charge >= 0.3 is 0 Å². The molecule has 20 heavy (non-hydrogen) atoms. The van der Waals surface area contributed by atoms with Crippen molar-refractivity contribution in [2.24, 2.45) is 0 Å². The number of hydrogen-bond acceptors (Lipinski definition) is 5. The van der Waals surface area contributed by atoms with Crippen LogP contribution in [0.25, 0.3) is 0 Å². The minimum atomic E-state index is -0.0541. The minimum Gasteiger partial charge on any atom is -0.378 e. The molecule has 1 fully saturated rings. The number of aromatic nitrogens is 2. The highest BCUT2D eigenvalue weighted by molar-refractivity contribution is 7.99. The topological polar surface area (TPSA) is 47.0 Å². The smallest absolute Gasteiger partial charge is 0.136 e. The van der Waals surface area contributed by atoms with Crippen molar-refractivity contribution < 1.29 is 4.74 Å². The molecule has 112 valence electrons. The summed E-state index contributed by atoms with van der Waals surface area (Å²) in [5, 5.41) is 3.56. The van der Waals surface area contributed by atoms with Gasteiger partial charge in [-0.15, -0.1) is 0 Å². The average Bonchev–Trinajstić information content (AvgIpc) is 2.39. The van der Waals surface area contributed by atoms with Gasteiger partial charge in [-0.2, -0.15) is 11.8 Å². The van der Waals surface area contributed by atoms with Crippen LogP contribution in [0.3, 0.4) is 0 Å². The third kappa shape index (κ3) is 4.35. The summed E-state index contributed by atoms with van der Waals surface area (Å²) in [6.07, 6.45) is 2.51. The van der Waals surface area contributed by atoms with Gasteiger partial charge in [-0.25, -0.2) is 9.97 Å². The molecule has 1 unspecified atom stereocenters. The number of hydrogen-bond donors (Lipinski definition) is 1. The highest BCUT2D eigenvalue weighted by Gasteiger charge is 2.20. The van der Waals surface area contributed by atoms with E-state index in [1.807, 2.05) is 17.8 Å². The Morgan fingerprint density at radius 1 is 1.40 bits per heavy atom. The normalized spacial score (nSPS) is 19.9. The third-order valence-corrected chi connectivity index (χ3v) is 4.47. The van der Waals surface area contributed by atoms with Gasteiger partial charge in [-0.1, -0.05) is 20.8 Å². The molecule has 5 heteroatoms. The van der Waals surface area contributed by atoms with Crippen molar-refractivity contribution in [2.75, 3.05) is 23.9 Å². The molecule has 0 aromatic carbocycles. The SMILES string of the molecule is COCc1cc(NC2CCCSC2)nc(C(C)(C)C)n1. The quantitative estimate of drug-likeness (QED) is 0.924. The van der Waals surface area contributed by atoms with E-state index in [0.29, 0.717) is 12.6 Å². The molecule has 1 N–H and O–H groups in total. The van der Waals surface area contributed by atoms with E-state index in [1.165, 1.54) is 18.6 Å². The third-order valence-electron chi connectivity index (χ3n) is 3.25. The molecule has 2 heterocycles. The molecule has 1 aliphatic heterocycles. The molecule has 1 atom stereocenters. The summed E-state index contributed by atoms with van der Waals surface area (Å²) >= 11 is 2.02. The van der Waals surface area contributed by atoms with E-state index >= 15 is 0 Å². The van der Waals surface area contributed by atoms with Gasteiger partial charge in [0.2, 0.25) is 0 Å². The Labute approximate surface area is 126 Å². The Balaban J connectivity index is 2.19. The van der Waals surface area contributed by atoms with Crippen LogP contribution in [0, 0.1) is 0 Å². The number of anilines is 1. The van der Waals surface area contributed by atoms with Gasteiger partial charge in [0.1, 0.15) is 11.6 Å². The van der Waals surface area contributed by atoms with Crippen LogP contribution in [0.1, 0.15) is 45.1 Å². The van der Waals surface area contributed by atoms with Crippen molar-refractivity contribution >= 4 is 17.6 Å². The summed E-state index contributed by atoms with van der Waals surface area (Å²) < 4.78 is 5.22. The highest BCUT2D eigenvalue weighted by atomic mass is 32.2. The molecular weight excluding hydrogens is 270 g/mol. The fourth-order valence-electron chi connectivity index (χ4n) is 2.19. The Bertz CT molecular complexity index is 439. The van der Waals surface area contributed by atoms with Gasteiger partial charge in [-0.3, -0.25) is 0 Å². The summed E-state index contributed by atoms with van der Waals surface area (Å²) in [7, 11) is 1.70. The van der Waals surface area contributed by atoms with Crippen molar-refractivity contribution in [1.82, 2.24) is 9.97 Å². The van der Waals surface area contributed by atoms with E-state index in [-0.39, 0.29) is 5.41 Å². The van der Waals surface area contributed by atoms with E-state index < -0.39 is 0 Å². The van der Waals surface area contributed by atoms with Crippen LogP contribution in [0.5, 0.6) is 0 Å². The molecule has 1 saturated heterocycles. The first kappa shape index (κ1) is 15.6. The molecule has 0 aliphatic carbocycles. The second kappa shape index (κ2) is 6.76. The summed E-state index contributed by atoms with van der Waals surface area (Å²) in [5.41, 5.74) is 0.889. The molecule has 0 bridgehead atoms. The van der Waals surface area contributed by atoms with Crippen LogP contribution in [0.4, 0.5) is 5.82 Å². The Morgan fingerprint density at radius 3 is 2.80 bits per heavy atom. The van der Waals surface area contributed by atoms with Crippen LogP contribution >= 0.6 is 11.8 Å². The zero-order valence-corrected chi connectivity index (χ0v) is 13.7. The zero-order valence-electron chi connectivity index (χ0n) is 12.9. The molecule has 2 rings (SSSR count). The lowest BCUT2D eigenvalue weighted by molar-refractivity contribution is 0.181. The second-order valence-electron chi connectivity index (χ2n) is 6.31. The molecular formula is C15H25N3OS. The molecule has 0 radical (unpaired) electrons. The first-order valence-corrected chi connectivity index (χ1v) is 8.36. The van der Waals surface area contributed by atoms with E-state index in [0.717, 1.165) is 23.1 Å². The van der Waals surface area contributed by atoms with Gasteiger partial charge in [0.25, 0.3) is 0 Å². The first-order valence-electron chi connectivity index (χ1n) is 7.20. The van der Waals surface area contributed by atoms with Crippen molar-refractivity contribution in [3.8, 4) is 0 Å². The fraction of sp³-hybridized carbons (Fsp3) is 0.733. The molecule has 4 nitrogen and oxygen atoms in total. The number of methoxy groups -OCH3 is 1. The minimum absolute atomic E-state index is 0.0541. The second-order valence-corrected chi connectivity index (χ2v) is 7.46. The van der Waals surface area contributed by atoms with Crippen LogP contribution in [0.15, 0.2) is 6.07 Å². The van der Waals surface area contributed by atoms with E-state index in [9.17, 15) is 0 Å². The van der Waals surface area contributed by atoms with Crippen molar-refractivity contribution in [2.45, 2.75) is 51.7 Å². The van der Waals surface area contributed by atoms with Crippen LogP contribution in [0.2, 0.25) is 0 Å². The molecule has 1 aromatic rings. The van der Waals surface area contributed by atoms with E-state index in [4.69, 9.17) is 9.72 Å². The predicted molar refractivity (Wildman–Crippen MR) is 85.4 cm³/mol. The largest absolute Gasteiger partial charge is 0.378 e. The van der Waals surface area contributed by atoms with Crippen LogP contribution < -0.4 is 5.32 Å². The number of nitrogens with one attached hydrogen (secondary N) is 1. The zero-order chi connectivity index (χ0) is 14.6. The van der Waals surface area contributed by atoms with Crippen LogP contribution in [-0.4, -0.2) is 34.6 Å². The maximum absolute atomic E-state index is 5.22. The number of ether oxygens (including phenoxy) is 1. The highest BCUT2D eigenvalue weighted by Crippen LogP contribution is 2.23. The lowest BCUT2D eigenvalue weighted by Gasteiger charge is -2.24. The van der Waals surface area contributed by atoms with E-state index in [1.54, 1.807) is 7.11 Å². The standard InChI is InChI=1S/C15H25N3OS/c1-15(2,3)14-17-12(9-19-4)8-13(18-14)16-11-6-5-7-20-10-11/h8,11H,5-7,9-10H2,1-4H3,(H,16,17,18).